The van der Waals surface area contributed by atoms with Gasteiger partial charge in [-0.05, 0) is 264 Å². The van der Waals surface area contributed by atoms with E-state index in [0.717, 1.165) is 184 Å². The molecular weight excluding hydrogens is 1760 g/mol. The van der Waals surface area contributed by atoms with Crippen molar-refractivity contribution in [3.63, 3.8) is 0 Å². The van der Waals surface area contributed by atoms with Crippen molar-refractivity contribution in [3.05, 3.63) is 323 Å². The van der Waals surface area contributed by atoms with Gasteiger partial charge >= 0.3 is 0 Å². The summed E-state index contributed by atoms with van der Waals surface area (Å²) in [5.41, 5.74) is 33.8. The highest BCUT2D eigenvalue weighted by atomic mass is 16.4. The van der Waals surface area contributed by atoms with Crippen molar-refractivity contribution in [2.24, 2.45) is 0 Å². The molecule has 0 bridgehead atoms. The topological polar surface area (TPSA) is 214 Å². The standard InChI is InChI=1S/C29H33N3O.C27H23N3O.2C21H20N4O.C20H19N5O/c1-17(2)22-9-8-10-23(18(3)4)27(22)32-16-15-31(21(32)7)26-19(5)11-13-24-25-14-12-20(6)30-29(25)33-28(24)26;1-17-13-15-21-22-16-14-18(2)28-27(22)31-26(21)25(17)30-19(3)29(20-9-5-4-6-10-20)23-11-7-8-12-24(23)30;1-12-7-9-15-16-10-8-13(2)23-21(16)26-19(15)18(12)25-14(3)24(4)20-17(25)6-5-11-22-20;1-12-7-9-15-16-10-8-13(2)23-21(16)26-19(15)18(12)25-14(3)24(4)17-6-5-11-22-20(17)25;1-11-5-7-14-15-8-6-12(2)23-20(15)26-17(14)16(11)25-13(3)24(4)18-19(25)22-10-9-21-18/h8-18,21H,1-7H3;4-16,19H,1-3H3;2*5-11,14H,1-4H3;5-10,13H,1-4H3. The van der Waals surface area contributed by atoms with Gasteiger partial charge in [-0.1, -0.05) is 137 Å². The Balaban J connectivity index is 0.000000102. The number of aryl methyl sites for hydroxylation is 10. The third-order valence-corrected chi connectivity index (χ3v) is 29.1. The number of nitrogens with zero attached hydrogens (tertiary/aromatic N) is 19. The van der Waals surface area contributed by atoms with Crippen molar-refractivity contribution in [3.8, 4) is 0 Å². The maximum Gasteiger partial charge on any atom is 0.227 e. The molecule has 24 nitrogen and oxygen atoms in total. The second-order valence-electron chi connectivity index (χ2n) is 38.8. The summed E-state index contributed by atoms with van der Waals surface area (Å²) in [7, 11) is 6.22. The van der Waals surface area contributed by atoms with Crippen LogP contribution in [0.3, 0.4) is 0 Å². The molecule has 5 aliphatic rings. The predicted octanol–water partition coefficient (Wildman–Crippen LogP) is 29.4. The summed E-state index contributed by atoms with van der Waals surface area (Å²) in [6.45, 7) is 40.7. The van der Waals surface area contributed by atoms with Crippen molar-refractivity contribution in [2.45, 2.75) is 174 Å². The van der Waals surface area contributed by atoms with Gasteiger partial charge in [0, 0.05) is 152 Å². The second-order valence-corrected chi connectivity index (χ2v) is 38.8. The van der Waals surface area contributed by atoms with Crippen LogP contribution in [0, 0.1) is 69.2 Å². The SMILES string of the molecule is Cc1ccc2c(n1)oc1c(N3C=CN(c4c(C(C)C)cccc4C(C)C)C3C)c(C)ccc12.Cc1ccc2c(n1)oc1c(N3c4ccccc4N(c4ccccc4)C3C)c(C)ccc12.Cc1ccc2c(n1)oc1c(N3c4cccnc4N(C)C3C)c(C)ccc12.Cc1ccc2c(n1)oc1c(N3c4ncccc4N(C)C3C)c(C)ccc12.Cc1ccc2c(n1)oc1c(N3c4nccnc4N(C)C3C)c(C)ccc12. The van der Waals surface area contributed by atoms with Gasteiger partial charge in [-0.15, -0.1) is 0 Å². The van der Waals surface area contributed by atoms with Crippen LogP contribution >= 0.6 is 0 Å². The second kappa shape index (κ2) is 35.5. The van der Waals surface area contributed by atoms with Crippen molar-refractivity contribution in [2.75, 3.05) is 70.1 Å². The maximum absolute atomic E-state index is 6.39. The van der Waals surface area contributed by atoms with Crippen LogP contribution in [-0.4, -0.2) is 96.8 Å². The third kappa shape index (κ3) is 15.0. The van der Waals surface area contributed by atoms with Gasteiger partial charge in [0.05, 0.1) is 51.2 Å². The van der Waals surface area contributed by atoms with E-state index in [1.807, 2.05) is 96.5 Å². The Morgan fingerprint density at radius 1 is 0.239 bits per heavy atom. The zero-order chi connectivity index (χ0) is 98.5. The molecule has 0 fully saturated rings. The van der Waals surface area contributed by atoms with E-state index in [2.05, 4.69) is 393 Å². The van der Waals surface area contributed by atoms with Crippen LogP contribution in [0.25, 0.3) is 110 Å². The lowest BCUT2D eigenvalue weighted by atomic mass is 9.92. The van der Waals surface area contributed by atoms with Crippen LogP contribution in [0.4, 0.5) is 85.8 Å². The minimum Gasteiger partial charge on any atom is -0.435 e. The normalized spacial score (nSPS) is 16.4. The molecule has 24 heteroatoms. The number of benzene rings is 8. The fourth-order valence-corrected chi connectivity index (χ4v) is 21.5. The minimum absolute atomic E-state index is 0.0830. The number of pyridine rings is 7. The summed E-state index contributed by atoms with van der Waals surface area (Å²) < 4.78 is 31.5. The van der Waals surface area contributed by atoms with Crippen LogP contribution in [0.2, 0.25) is 0 Å². The average Bonchev–Trinajstić information content (AvgIpc) is 1.60. The van der Waals surface area contributed by atoms with E-state index < -0.39 is 0 Å². The van der Waals surface area contributed by atoms with Crippen molar-refractivity contribution < 1.29 is 22.1 Å². The van der Waals surface area contributed by atoms with Gasteiger partial charge in [0.2, 0.25) is 28.6 Å². The molecule has 5 aliphatic heterocycles. The van der Waals surface area contributed by atoms with E-state index in [9.17, 15) is 0 Å². The quantitative estimate of drug-likeness (QED) is 0.131. The van der Waals surface area contributed by atoms with E-state index in [4.69, 9.17) is 22.1 Å². The lowest BCUT2D eigenvalue weighted by Crippen LogP contribution is -2.37. The first-order valence-corrected chi connectivity index (χ1v) is 48.9. The van der Waals surface area contributed by atoms with Crippen LogP contribution in [0.5, 0.6) is 0 Å². The summed E-state index contributed by atoms with van der Waals surface area (Å²) in [4.78, 5) is 64.2. The number of hydrogen-bond acceptors (Lipinski definition) is 24. The maximum atomic E-state index is 6.39. The van der Waals surface area contributed by atoms with Gasteiger partial charge in [-0.25, -0.2) is 44.9 Å². The first-order chi connectivity index (χ1) is 68.6. The van der Waals surface area contributed by atoms with Gasteiger partial charge in [0.25, 0.3) is 0 Å². The van der Waals surface area contributed by atoms with Crippen LogP contribution in [0.15, 0.2) is 278 Å². The molecule has 26 rings (SSSR count). The van der Waals surface area contributed by atoms with Crippen LogP contribution < -0.4 is 49.0 Å². The number of furan rings is 5. The Morgan fingerprint density at radius 3 is 0.972 bits per heavy atom. The Bertz CT molecular complexity index is 8140. The summed E-state index contributed by atoms with van der Waals surface area (Å²) in [5, 5.41) is 10.7. The molecule has 0 saturated heterocycles. The van der Waals surface area contributed by atoms with Gasteiger partial charge in [0.15, 0.2) is 51.2 Å². The molecule has 142 heavy (non-hydrogen) atoms. The largest absolute Gasteiger partial charge is 0.435 e. The van der Waals surface area contributed by atoms with Gasteiger partial charge in [-0.2, -0.15) is 0 Å². The van der Waals surface area contributed by atoms with Crippen molar-refractivity contribution in [1.29, 1.82) is 0 Å². The molecule has 8 aromatic carbocycles. The van der Waals surface area contributed by atoms with Crippen LogP contribution in [-0.2, 0) is 0 Å². The first kappa shape index (κ1) is 90.8. The molecule has 0 saturated carbocycles. The molecule has 13 aromatic heterocycles. The molecule has 0 spiro atoms. The average molecular weight is 1880 g/mol. The molecular formula is C118H115N19O5. The third-order valence-electron chi connectivity index (χ3n) is 29.1. The molecule has 0 aliphatic carbocycles. The molecule has 21 aromatic rings. The molecule has 0 radical (unpaired) electrons. The van der Waals surface area contributed by atoms with E-state index in [-0.39, 0.29) is 30.8 Å². The highest BCUT2D eigenvalue weighted by Gasteiger charge is 2.42. The highest BCUT2D eigenvalue weighted by Crippen LogP contribution is 2.55. The summed E-state index contributed by atoms with van der Waals surface area (Å²) >= 11 is 0. The number of aromatic nitrogens is 9. The zero-order valence-electron chi connectivity index (χ0n) is 84.3. The van der Waals surface area contributed by atoms with E-state index in [0.29, 0.717) is 40.4 Å². The summed E-state index contributed by atoms with van der Waals surface area (Å²) in [6, 6.07) is 76.3. The summed E-state index contributed by atoms with van der Waals surface area (Å²) in [6.07, 6.45) is 12.1. The van der Waals surface area contributed by atoms with Gasteiger partial charge < -0.3 is 66.2 Å². The van der Waals surface area contributed by atoms with Crippen molar-refractivity contribution >= 4 is 196 Å². The number of rotatable bonds is 9. The molecule has 18 heterocycles. The Morgan fingerprint density at radius 2 is 0.549 bits per heavy atom. The van der Waals surface area contributed by atoms with E-state index in [1.54, 1.807) is 12.4 Å². The van der Waals surface area contributed by atoms with Crippen LogP contribution in [0.1, 0.15) is 142 Å². The highest BCUT2D eigenvalue weighted by molar-refractivity contribution is 6.15. The Labute approximate surface area is 825 Å². The number of anilines is 15. The van der Waals surface area contributed by atoms with Gasteiger partial charge in [0.1, 0.15) is 30.8 Å². The summed E-state index contributed by atoms with van der Waals surface area (Å²) in [5.74, 6) is 4.57. The minimum atomic E-state index is 0.0830. The van der Waals surface area contributed by atoms with E-state index in [1.165, 1.54) is 50.6 Å². The molecule has 0 N–H and O–H groups in total. The van der Waals surface area contributed by atoms with Crippen molar-refractivity contribution in [1.82, 2.24) is 44.9 Å². The lowest BCUT2D eigenvalue weighted by Gasteiger charge is -2.34. The molecule has 5 atom stereocenters. The number of fused-ring (bicyclic) bond motifs is 19. The predicted molar refractivity (Wildman–Crippen MR) is 580 cm³/mol. The number of hydrogen-bond donors (Lipinski definition) is 0. The Kier molecular flexibility index (Phi) is 22.7. The molecule has 5 unspecified atom stereocenters. The first-order valence-electron chi connectivity index (χ1n) is 48.9. The monoisotopic (exact) mass is 1880 g/mol. The van der Waals surface area contributed by atoms with Gasteiger partial charge in [-0.3, -0.25) is 4.90 Å². The van der Waals surface area contributed by atoms with E-state index >= 15 is 0 Å². The fourth-order valence-electron chi connectivity index (χ4n) is 21.5. The Hall–Kier alpha value is -16.4. The molecule has 712 valence electrons. The molecule has 0 amide bonds. The smallest absolute Gasteiger partial charge is 0.227 e. The lowest BCUT2D eigenvalue weighted by molar-refractivity contribution is 0.646. The number of para-hydroxylation sites is 4. The fraction of sp³-hybridized carbons (Fsp3) is 0.246. The zero-order valence-corrected chi connectivity index (χ0v) is 84.3.